The second-order valence-corrected chi connectivity index (χ2v) is 6.44. The number of alkyl halides is 3. The summed E-state index contributed by atoms with van der Waals surface area (Å²) in [6.45, 7) is 3.65. The van der Waals surface area contributed by atoms with Crippen molar-refractivity contribution in [3.8, 4) is 0 Å². The van der Waals surface area contributed by atoms with Crippen LogP contribution in [0.15, 0.2) is 48.7 Å². The first kappa shape index (κ1) is 18.7. The molecule has 0 spiro atoms. The Morgan fingerprint density at radius 1 is 1.11 bits per heavy atom. The number of rotatable bonds is 3. The summed E-state index contributed by atoms with van der Waals surface area (Å²) in [5, 5.41) is 3.82. The lowest BCUT2D eigenvalue weighted by molar-refractivity contribution is -0.137. The van der Waals surface area contributed by atoms with Gasteiger partial charge in [0.05, 0.1) is 29.2 Å². The Balaban J connectivity index is 1.81. The molecule has 3 N–H and O–H groups in total. The van der Waals surface area contributed by atoms with Crippen molar-refractivity contribution in [2.24, 2.45) is 0 Å². The quantitative estimate of drug-likeness (QED) is 0.703. The van der Waals surface area contributed by atoms with Crippen LogP contribution in [0.3, 0.4) is 0 Å². The van der Waals surface area contributed by atoms with E-state index in [1.807, 2.05) is 6.92 Å². The monoisotopic (exact) mass is 373 g/mol. The molecular weight excluding hydrogens is 355 g/mol. The molecule has 0 unspecified atom stereocenters. The van der Waals surface area contributed by atoms with Crippen LogP contribution in [0.25, 0.3) is 10.8 Å². The van der Waals surface area contributed by atoms with Crippen LogP contribution in [0.4, 0.5) is 18.9 Å². The van der Waals surface area contributed by atoms with Crippen molar-refractivity contribution >= 4 is 22.4 Å². The summed E-state index contributed by atoms with van der Waals surface area (Å²) in [5.74, 6) is -0.333. The lowest BCUT2D eigenvalue weighted by atomic mass is 10.0. The number of aryl methyl sites for hydroxylation is 1. The number of benzene rings is 2. The van der Waals surface area contributed by atoms with Crippen molar-refractivity contribution in [1.82, 2.24) is 10.3 Å². The van der Waals surface area contributed by atoms with Gasteiger partial charge in [-0.15, -0.1) is 0 Å². The number of nitrogens with two attached hydrogens (primary N) is 1. The lowest BCUT2D eigenvalue weighted by Crippen LogP contribution is -2.27. The van der Waals surface area contributed by atoms with Gasteiger partial charge < -0.3 is 11.1 Å². The Bertz CT molecular complexity index is 1020. The number of hydrogen-bond acceptors (Lipinski definition) is 3. The summed E-state index contributed by atoms with van der Waals surface area (Å²) in [4.78, 5) is 16.7. The summed E-state index contributed by atoms with van der Waals surface area (Å²) in [6.07, 6.45) is -2.86. The zero-order valence-electron chi connectivity index (χ0n) is 14.8. The number of halogens is 3. The van der Waals surface area contributed by atoms with Gasteiger partial charge in [-0.05, 0) is 60.5 Å². The van der Waals surface area contributed by atoms with E-state index < -0.39 is 11.7 Å². The Hall–Kier alpha value is -3.09. The van der Waals surface area contributed by atoms with E-state index in [0.29, 0.717) is 27.7 Å². The molecule has 140 valence electrons. The summed E-state index contributed by atoms with van der Waals surface area (Å²) < 4.78 is 38.4. The maximum absolute atomic E-state index is 12.8. The third-order valence-electron chi connectivity index (χ3n) is 4.39. The number of hydrogen-bond donors (Lipinski definition) is 2. The molecule has 4 nitrogen and oxygen atoms in total. The molecular formula is C20H18F3N3O. The summed E-state index contributed by atoms with van der Waals surface area (Å²) >= 11 is 0. The fraction of sp³-hybridized carbons (Fsp3) is 0.200. The Labute approximate surface area is 154 Å². The highest BCUT2D eigenvalue weighted by molar-refractivity contribution is 5.98. The smallest absolute Gasteiger partial charge is 0.397 e. The lowest BCUT2D eigenvalue weighted by Gasteiger charge is -2.15. The van der Waals surface area contributed by atoms with Gasteiger partial charge in [0.15, 0.2) is 0 Å². The molecule has 27 heavy (non-hydrogen) atoms. The highest BCUT2D eigenvalue weighted by atomic mass is 19.4. The molecule has 0 radical (unpaired) electrons. The Kier molecular flexibility index (Phi) is 4.78. The average molecular weight is 373 g/mol. The van der Waals surface area contributed by atoms with Gasteiger partial charge in [-0.25, -0.2) is 0 Å². The molecule has 0 saturated heterocycles. The van der Waals surface area contributed by atoms with Gasteiger partial charge in [0.2, 0.25) is 0 Å². The van der Waals surface area contributed by atoms with Crippen LogP contribution in [0.2, 0.25) is 0 Å². The van der Waals surface area contributed by atoms with E-state index in [9.17, 15) is 18.0 Å². The summed E-state index contributed by atoms with van der Waals surface area (Å²) in [7, 11) is 0. The number of nitrogen functional groups attached to an aromatic ring is 1. The number of fused-ring (bicyclic) bond motifs is 1. The van der Waals surface area contributed by atoms with E-state index in [1.165, 1.54) is 18.2 Å². The number of aromatic nitrogens is 1. The maximum Gasteiger partial charge on any atom is 0.416 e. The molecule has 3 rings (SSSR count). The van der Waals surface area contributed by atoms with E-state index in [2.05, 4.69) is 10.3 Å². The maximum atomic E-state index is 12.8. The summed E-state index contributed by atoms with van der Waals surface area (Å²) in [6, 6.07) is 9.48. The van der Waals surface area contributed by atoms with Crippen LogP contribution >= 0.6 is 0 Å². The number of carbonyl (C=O) groups is 1. The molecule has 1 aromatic heterocycles. The third kappa shape index (κ3) is 4.02. The topological polar surface area (TPSA) is 68.0 Å². The SMILES string of the molecule is Cc1cc([C@@H](C)NC(=O)c2ccc3cc(C(F)(F)F)ccc3c2)ncc1N. The molecule has 1 atom stereocenters. The van der Waals surface area contributed by atoms with Crippen molar-refractivity contribution in [2.45, 2.75) is 26.1 Å². The molecule has 3 aromatic rings. The number of pyridine rings is 1. The van der Waals surface area contributed by atoms with Crippen LogP contribution < -0.4 is 11.1 Å². The van der Waals surface area contributed by atoms with Crippen molar-refractivity contribution in [3.63, 3.8) is 0 Å². The van der Waals surface area contributed by atoms with Crippen molar-refractivity contribution in [3.05, 3.63) is 71.0 Å². The predicted octanol–water partition coefficient (Wildman–Crippen LogP) is 4.64. The van der Waals surface area contributed by atoms with Gasteiger partial charge in [-0.1, -0.05) is 12.1 Å². The van der Waals surface area contributed by atoms with Crippen LogP contribution in [0.1, 0.15) is 40.1 Å². The highest BCUT2D eigenvalue weighted by Crippen LogP contribution is 2.31. The molecule has 1 amide bonds. The van der Waals surface area contributed by atoms with Crippen molar-refractivity contribution in [1.29, 1.82) is 0 Å². The van der Waals surface area contributed by atoms with Crippen molar-refractivity contribution in [2.75, 3.05) is 5.73 Å². The molecule has 0 aliphatic heterocycles. The number of amides is 1. The van der Waals surface area contributed by atoms with Crippen LogP contribution in [-0.2, 0) is 6.18 Å². The van der Waals surface area contributed by atoms with E-state index in [-0.39, 0.29) is 11.9 Å². The molecule has 0 aliphatic carbocycles. The van der Waals surface area contributed by atoms with Crippen LogP contribution in [0.5, 0.6) is 0 Å². The molecule has 1 heterocycles. The number of nitrogens with zero attached hydrogens (tertiary/aromatic N) is 1. The van der Waals surface area contributed by atoms with E-state index in [4.69, 9.17) is 5.73 Å². The first-order valence-electron chi connectivity index (χ1n) is 8.29. The van der Waals surface area contributed by atoms with E-state index in [1.54, 1.807) is 25.3 Å². The van der Waals surface area contributed by atoms with Gasteiger partial charge in [-0.3, -0.25) is 9.78 Å². The van der Waals surface area contributed by atoms with Gasteiger partial charge in [0, 0.05) is 5.56 Å². The molecule has 0 fully saturated rings. The zero-order valence-corrected chi connectivity index (χ0v) is 14.8. The highest BCUT2D eigenvalue weighted by Gasteiger charge is 2.30. The van der Waals surface area contributed by atoms with Crippen LogP contribution in [0, 0.1) is 6.92 Å². The van der Waals surface area contributed by atoms with Gasteiger partial charge in [0.25, 0.3) is 5.91 Å². The van der Waals surface area contributed by atoms with Crippen LogP contribution in [-0.4, -0.2) is 10.9 Å². The fourth-order valence-electron chi connectivity index (χ4n) is 2.74. The van der Waals surface area contributed by atoms with Gasteiger partial charge >= 0.3 is 6.18 Å². The number of anilines is 1. The molecule has 0 bridgehead atoms. The minimum absolute atomic E-state index is 0.333. The van der Waals surface area contributed by atoms with Crippen molar-refractivity contribution < 1.29 is 18.0 Å². The van der Waals surface area contributed by atoms with E-state index in [0.717, 1.165) is 17.7 Å². The van der Waals surface area contributed by atoms with Gasteiger partial charge in [-0.2, -0.15) is 13.2 Å². The number of carbonyl (C=O) groups excluding carboxylic acids is 1. The molecule has 7 heteroatoms. The molecule has 0 aliphatic rings. The normalized spacial score (nSPS) is 12.8. The first-order valence-corrected chi connectivity index (χ1v) is 8.29. The molecule has 0 saturated carbocycles. The minimum atomic E-state index is -4.40. The minimum Gasteiger partial charge on any atom is -0.397 e. The molecule has 2 aromatic carbocycles. The fourth-order valence-corrected chi connectivity index (χ4v) is 2.74. The number of nitrogens with one attached hydrogen (secondary N) is 1. The summed E-state index contributed by atoms with van der Waals surface area (Å²) in [5.41, 5.74) is 7.51. The predicted molar refractivity (Wildman–Crippen MR) is 98.2 cm³/mol. The van der Waals surface area contributed by atoms with Gasteiger partial charge in [0.1, 0.15) is 0 Å². The largest absolute Gasteiger partial charge is 0.416 e. The average Bonchev–Trinajstić information content (AvgIpc) is 2.62. The Morgan fingerprint density at radius 3 is 2.44 bits per heavy atom. The second kappa shape index (κ2) is 6.90. The Morgan fingerprint density at radius 2 is 1.78 bits per heavy atom. The standard InChI is InChI=1S/C20H18F3N3O/c1-11-7-18(25-10-17(11)24)12(2)26-19(27)15-4-3-14-9-16(20(21,22)23)6-5-13(14)8-15/h3-10,12H,24H2,1-2H3,(H,26,27)/t12-/m1/s1. The second-order valence-electron chi connectivity index (χ2n) is 6.44. The first-order chi connectivity index (χ1) is 12.6. The zero-order chi connectivity index (χ0) is 19.8. The third-order valence-corrected chi connectivity index (χ3v) is 4.39. The van der Waals surface area contributed by atoms with E-state index >= 15 is 0 Å².